The fourth-order valence-electron chi connectivity index (χ4n) is 4.77. The molecule has 0 saturated carbocycles. The van der Waals surface area contributed by atoms with Crippen molar-refractivity contribution in [2.45, 2.75) is 12.5 Å². The summed E-state index contributed by atoms with van der Waals surface area (Å²) in [6.07, 6.45) is 7.36. The summed E-state index contributed by atoms with van der Waals surface area (Å²) in [4.78, 5) is 32.1. The van der Waals surface area contributed by atoms with E-state index in [-0.39, 0.29) is 11.8 Å². The third kappa shape index (κ3) is 3.18. The molecular weight excluding hydrogens is 461 g/mol. The molecule has 9 nitrogen and oxygen atoms in total. The van der Waals surface area contributed by atoms with Crippen molar-refractivity contribution in [2.75, 3.05) is 6.54 Å². The number of benzene rings is 1. The lowest BCUT2D eigenvalue weighted by Gasteiger charge is -2.32. The summed E-state index contributed by atoms with van der Waals surface area (Å²) in [5.41, 5.74) is 5.24. The number of hydrogen-bond donors (Lipinski definition) is 1. The van der Waals surface area contributed by atoms with Gasteiger partial charge >= 0.3 is 0 Å². The fraction of sp³-hybridized carbons (Fsp3) is 0.115. The van der Waals surface area contributed by atoms with Gasteiger partial charge in [0, 0.05) is 42.7 Å². The number of H-pyrrole nitrogens is 1. The number of nitrogens with zero attached hydrogens (tertiary/aromatic N) is 6. The molecule has 0 aliphatic carbocycles. The molecule has 176 valence electrons. The Labute approximate surface area is 203 Å². The van der Waals surface area contributed by atoms with Crippen molar-refractivity contribution >= 4 is 22.5 Å². The van der Waals surface area contributed by atoms with Gasteiger partial charge in [0.05, 0.1) is 35.0 Å². The lowest BCUT2D eigenvalue weighted by atomic mass is 10.0. The highest BCUT2D eigenvalue weighted by Gasteiger charge is 2.38. The van der Waals surface area contributed by atoms with E-state index in [1.165, 1.54) is 18.2 Å². The van der Waals surface area contributed by atoms with E-state index < -0.39 is 11.9 Å². The lowest BCUT2D eigenvalue weighted by molar-refractivity contribution is 0.0669. The number of rotatable bonds is 3. The number of pyridine rings is 2. The highest BCUT2D eigenvalue weighted by Crippen LogP contribution is 2.36. The molecule has 0 saturated heterocycles. The molecule has 1 aliphatic rings. The number of oxazole rings is 1. The van der Waals surface area contributed by atoms with Gasteiger partial charge in [-0.15, -0.1) is 0 Å². The van der Waals surface area contributed by atoms with Crippen molar-refractivity contribution in [3.63, 3.8) is 0 Å². The summed E-state index contributed by atoms with van der Waals surface area (Å²) in [6, 6.07) is 13.0. The summed E-state index contributed by atoms with van der Waals surface area (Å²) >= 11 is 0. The van der Waals surface area contributed by atoms with Gasteiger partial charge < -0.3 is 14.3 Å². The number of aromatic amines is 1. The van der Waals surface area contributed by atoms with E-state index >= 15 is 0 Å². The average Bonchev–Trinajstić information content (AvgIpc) is 3.65. The molecule has 1 atom stereocenters. The molecular formula is C26H18FN7O2. The van der Waals surface area contributed by atoms with Crippen molar-refractivity contribution in [3.05, 3.63) is 102 Å². The van der Waals surface area contributed by atoms with Crippen molar-refractivity contribution in [2.24, 2.45) is 0 Å². The normalized spacial score (nSPS) is 15.5. The fourth-order valence-corrected chi connectivity index (χ4v) is 4.77. The van der Waals surface area contributed by atoms with E-state index in [2.05, 4.69) is 25.0 Å². The molecule has 1 aromatic carbocycles. The van der Waals surface area contributed by atoms with Crippen LogP contribution in [-0.2, 0) is 6.42 Å². The topological polar surface area (TPSA) is 105 Å². The standard InChI is InChI=1S/C26H18FN7O2/c27-16-5-7-22-20(11-16)32-25(36-22)24-23-19(29-14-30-23)8-10-33(24)26(35)17-12-31-34-13-15(4-6-21(17)34)18-3-1-2-9-28-18/h1-7,9,11-14,24H,8,10H2,(H,29,30)/t24-/m0/s1. The minimum atomic E-state index is -0.661. The van der Waals surface area contributed by atoms with Gasteiger partial charge in [0.1, 0.15) is 11.3 Å². The number of nitrogens with one attached hydrogen (secondary N) is 1. The van der Waals surface area contributed by atoms with E-state index in [4.69, 9.17) is 4.42 Å². The Morgan fingerprint density at radius 1 is 1.14 bits per heavy atom. The largest absolute Gasteiger partial charge is 0.438 e. The van der Waals surface area contributed by atoms with Gasteiger partial charge in [0.2, 0.25) is 5.89 Å². The van der Waals surface area contributed by atoms with E-state index in [0.29, 0.717) is 40.8 Å². The molecule has 0 radical (unpaired) electrons. The molecule has 6 heterocycles. The van der Waals surface area contributed by atoms with Crippen LogP contribution in [0.5, 0.6) is 0 Å². The highest BCUT2D eigenvalue weighted by atomic mass is 19.1. The maximum absolute atomic E-state index is 13.9. The minimum absolute atomic E-state index is 0.220. The molecule has 0 unspecified atom stereocenters. The molecule has 5 aromatic heterocycles. The number of aromatic nitrogens is 6. The SMILES string of the molecule is O=C(c1cnn2cc(-c3ccccn3)ccc12)N1CCc2[nH]cnc2[C@H]1c1nc2cc(F)ccc2o1. The molecule has 36 heavy (non-hydrogen) atoms. The zero-order valence-electron chi connectivity index (χ0n) is 18.8. The number of hydrogen-bond acceptors (Lipinski definition) is 6. The van der Waals surface area contributed by atoms with Crippen molar-refractivity contribution in [3.8, 4) is 11.3 Å². The van der Waals surface area contributed by atoms with Gasteiger partial charge in [-0.2, -0.15) is 5.10 Å². The quantitative estimate of drug-likeness (QED) is 0.408. The van der Waals surface area contributed by atoms with Crippen LogP contribution >= 0.6 is 0 Å². The number of carbonyl (C=O) groups excluding carboxylic acids is 1. The summed E-state index contributed by atoms with van der Waals surface area (Å²) in [6.45, 7) is 0.426. The Balaban J connectivity index is 1.30. The van der Waals surface area contributed by atoms with E-state index in [9.17, 15) is 9.18 Å². The van der Waals surface area contributed by atoms with Crippen molar-refractivity contribution < 1.29 is 13.6 Å². The third-order valence-electron chi connectivity index (χ3n) is 6.49. The maximum Gasteiger partial charge on any atom is 0.258 e. The molecule has 1 aliphatic heterocycles. The van der Waals surface area contributed by atoms with Gasteiger partial charge in [0.15, 0.2) is 11.6 Å². The van der Waals surface area contributed by atoms with E-state index in [0.717, 1.165) is 17.0 Å². The van der Waals surface area contributed by atoms with Gasteiger partial charge in [-0.3, -0.25) is 9.78 Å². The first kappa shape index (κ1) is 20.5. The van der Waals surface area contributed by atoms with Crippen LogP contribution < -0.4 is 0 Å². The van der Waals surface area contributed by atoms with Crippen molar-refractivity contribution in [1.29, 1.82) is 0 Å². The van der Waals surface area contributed by atoms with Crippen LogP contribution in [0.2, 0.25) is 0 Å². The Hall–Kier alpha value is -4.86. The van der Waals surface area contributed by atoms with Crippen LogP contribution in [0.3, 0.4) is 0 Å². The van der Waals surface area contributed by atoms with E-state index in [1.54, 1.807) is 28.1 Å². The second kappa shape index (κ2) is 7.84. The second-order valence-corrected chi connectivity index (χ2v) is 8.60. The molecule has 0 fully saturated rings. The van der Waals surface area contributed by atoms with Gasteiger partial charge in [-0.05, 0) is 36.4 Å². The molecule has 0 spiro atoms. The zero-order chi connectivity index (χ0) is 24.2. The highest BCUT2D eigenvalue weighted by molar-refractivity contribution is 6.01. The average molecular weight is 479 g/mol. The van der Waals surface area contributed by atoms with Gasteiger partial charge in [-0.1, -0.05) is 6.07 Å². The van der Waals surface area contributed by atoms with E-state index in [1.807, 2.05) is 36.5 Å². The number of fused-ring (bicyclic) bond motifs is 3. The number of halogens is 1. The maximum atomic E-state index is 13.9. The first-order chi connectivity index (χ1) is 17.7. The predicted molar refractivity (Wildman–Crippen MR) is 128 cm³/mol. The second-order valence-electron chi connectivity index (χ2n) is 8.60. The molecule has 0 bridgehead atoms. The van der Waals surface area contributed by atoms with Crippen LogP contribution in [-0.4, -0.2) is 46.9 Å². The van der Waals surface area contributed by atoms with Crippen LogP contribution in [0.15, 0.2) is 77.9 Å². The van der Waals surface area contributed by atoms with Gasteiger partial charge in [0.25, 0.3) is 5.91 Å². The third-order valence-corrected chi connectivity index (χ3v) is 6.49. The Morgan fingerprint density at radius 2 is 2.08 bits per heavy atom. The molecule has 10 heteroatoms. The first-order valence-corrected chi connectivity index (χ1v) is 11.4. The lowest BCUT2D eigenvalue weighted by Crippen LogP contribution is -2.40. The minimum Gasteiger partial charge on any atom is -0.438 e. The summed E-state index contributed by atoms with van der Waals surface area (Å²) in [5, 5.41) is 4.44. The molecule has 7 rings (SSSR count). The smallest absolute Gasteiger partial charge is 0.258 e. The zero-order valence-corrected chi connectivity index (χ0v) is 18.8. The van der Waals surface area contributed by atoms with Crippen LogP contribution in [0.1, 0.15) is 33.7 Å². The summed E-state index contributed by atoms with van der Waals surface area (Å²) in [5.74, 6) is -0.343. The number of carbonyl (C=O) groups is 1. The first-order valence-electron chi connectivity index (χ1n) is 11.4. The van der Waals surface area contributed by atoms with Crippen LogP contribution in [0.25, 0.3) is 27.9 Å². The monoisotopic (exact) mass is 479 g/mol. The Kier molecular flexibility index (Phi) is 4.47. The number of imidazole rings is 1. The van der Waals surface area contributed by atoms with Gasteiger partial charge in [-0.25, -0.2) is 18.9 Å². The molecule has 6 aromatic rings. The summed E-state index contributed by atoms with van der Waals surface area (Å²) in [7, 11) is 0. The Bertz CT molecular complexity index is 1750. The summed E-state index contributed by atoms with van der Waals surface area (Å²) < 4.78 is 21.4. The van der Waals surface area contributed by atoms with Crippen LogP contribution in [0, 0.1) is 5.82 Å². The Morgan fingerprint density at radius 3 is 2.97 bits per heavy atom. The molecule has 1 N–H and O–H groups in total. The van der Waals surface area contributed by atoms with Crippen molar-refractivity contribution in [1.82, 2.24) is 34.4 Å². The molecule has 1 amide bonds. The van der Waals surface area contributed by atoms with Crippen LogP contribution in [0.4, 0.5) is 4.39 Å². The number of amides is 1. The predicted octanol–water partition coefficient (Wildman–Crippen LogP) is 4.19.